The average molecular weight is 529 g/mol. The van der Waals surface area contributed by atoms with Crippen molar-refractivity contribution in [3.8, 4) is 16.9 Å². The summed E-state index contributed by atoms with van der Waals surface area (Å²) in [5.41, 5.74) is 1.79. The quantitative estimate of drug-likeness (QED) is 0.475. The Hall–Kier alpha value is -4.19. The Kier molecular flexibility index (Phi) is 8.33. The van der Waals surface area contributed by atoms with Gasteiger partial charge >= 0.3 is 12.2 Å². The van der Waals surface area contributed by atoms with E-state index in [-0.39, 0.29) is 11.5 Å². The molecule has 0 aliphatic heterocycles. The van der Waals surface area contributed by atoms with E-state index in [4.69, 9.17) is 9.47 Å². The van der Waals surface area contributed by atoms with Gasteiger partial charge in [0.15, 0.2) is 9.84 Å². The highest BCUT2D eigenvalue weighted by atomic mass is 32.2. The van der Waals surface area contributed by atoms with Gasteiger partial charge in [-0.2, -0.15) is 5.10 Å². The minimum absolute atomic E-state index is 0.177. The molecule has 0 saturated heterocycles. The van der Waals surface area contributed by atoms with Crippen LogP contribution in [-0.4, -0.2) is 54.7 Å². The predicted molar refractivity (Wildman–Crippen MR) is 135 cm³/mol. The number of ether oxygens (including phenoxy) is 2. The first-order chi connectivity index (χ1) is 17.3. The Bertz CT molecular complexity index is 1380. The molecular formula is C25H28N4O7S. The minimum Gasteiger partial charge on any atom is -0.444 e. The van der Waals surface area contributed by atoms with E-state index in [0.717, 1.165) is 11.8 Å². The Morgan fingerprint density at radius 2 is 1.62 bits per heavy atom. The molecule has 11 nitrogen and oxygen atoms in total. The van der Waals surface area contributed by atoms with Crippen molar-refractivity contribution in [2.75, 3.05) is 12.8 Å². The second-order valence-corrected chi connectivity index (χ2v) is 11.1. The molecule has 1 heterocycles. The van der Waals surface area contributed by atoms with Gasteiger partial charge < -0.3 is 14.8 Å². The summed E-state index contributed by atoms with van der Waals surface area (Å²) >= 11 is 0. The molecule has 0 atom stereocenters. The molecule has 1 aromatic heterocycles. The van der Waals surface area contributed by atoms with Crippen molar-refractivity contribution in [3.05, 3.63) is 66.4 Å². The van der Waals surface area contributed by atoms with Crippen LogP contribution in [0.15, 0.2) is 65.6 Å². The minimum atomic E-state index is -3.36. The summed E-state index contributed by atoms with van der Waals surface area (Å²) in [5, 5.41) is 8.75. The van der Waals surface area contributed by atoms with Gasteiger partial charge in [0.1, 0.15) is 24.4 Å². The highest BCUT2D eigenvalue weighted by Crippen LogP contribution is 2.25. The van der Waals surface area contributed by atoms with E-state index in [2.05, 4.69) is 10.4 Å². The third-order valence-electron chi connectivity index (χ3n) is 4.72. The van der Waals surface area contributed by atoms with Gasteiger partial charge in [-0.25, -0.2) is 22.7 Å². The fourth-order valence-corrected chi connectivity index (χ4v) is 3.78. The number of alkyl carbamates (subject to hydrolysis) is 2. The summed E-state index contributed by atoms with van der Waals surface area (Å²) in [6.45, 7) is 4.32. The topological polar surface area (TPSA) is 146 Å². The number of rotatable bonds is 7. The van der Waals surface area contributed by atoms with Crippen molar-refractivity contribution in [3.63, 3.8) is 0 Å². The molecule has 2 aromatic carbocycles. The molecule has 0 spiro atoms. The van der Waals surface area contributed by atoms with Crippen LogP contribution in [0, 0.1) is 0 Å². The summed E-state index contributed by atoms with van der Waals surface area (Å²) < 4.78 is 35.3. The van der Waals surface area contributed by atoms with E-state index in [1.54, 1.807) is 43.7 Å². The third kappa shape index (κ3) is 8.17. The fraction of sp³-hybridized carbons (Fsp3) is 0.280. The van der Waals surface area contributed by atoms with Crippen LogP contribution >= 0.6 is 0 Å². The number of nitrogens with zero attached hydrogens (tertiary/aromatic N) is 2. The van der Waals surface area contributed by atoms with Crippen molar-refractivity contribution >= 4 is 27.9 Å². The van der Waals surface area contributed by atoms with Gasteiger partial charge in [-0.3, -0.25) is 10.1 Å². The molecule has 0 aliphatic rings. The van der Waals surface area contributed by atoms with Crippen LogP contribution in [0.1, 0.15) is 26.5 Å². The van der Waals surface area contributed by atoms with E-state index >= 15 is 0 Å². The van der Waals surface area contributed by atoms with Crippen molar-refractivity contribution < 1.29 is 32.3 Å². The van der Waals surface area contributed by atoms with Crippen LogP contribution in [0.2, 0.25) is 0 Å². The molecule has 0 unspecified atom stereocenters. The van der Waals surface area contributed by atoms with Crippen LogP contribution in [0.4, 0.5) is 9.59 Å². The summed E-state index contributed by atoms with van der Waals surface area (Å²) in [7, 11) is -3.36. The number of nitrogens with one attached hydrogen (secondary N) is 2. The highest BCUT2D eigenvalue weighted by Gasteiger charge is 2.18. The normalized spacial score (nSPS) is 11.5. The summed E-state index contributed by atoms with van der Waals surface area (Å²) in [4.78, 5) is 35.8. The van der Waals surface area contributed by atoms with Crippen molar-refractivity contribution in [2.45, 2.75) is 37.9 Å². The maximum atomic E-state index is 12.1. The number of amides is 3. The molecule has 3 aromatic rings. The third-order valence-corrected chi connectivity index (χ3v) is 5.85. The lowest BCUT2D eigenvalue weighted by Gasteiger charge is -2.19. The summed E-state index contributed by atoms with van der Waals surface area (Å²) in [5.74, 6) is -0.780. The predicted octanol–water partition coefficient (Wildman–Crippen LogP) is 3.22. The SMILES string of the molecule is CC(C)(C)OC(=O)NCC(=O)NC(=O)OCc1cc(-c2ccccc2)n(-c2ccc(S(C)(=O)=O)cc2)n1. The smallest absolute Gasteiger partial charge is 0.414 e. The number of hydrogen-bond donors (Lipinski definition) is 2. The Balaban J connectivity index is 1.68. The van der Waals surface area contributed by atoms with Crippen LogP contribution in [0.3, 0.4) is 0 Å². The van der Waals surface area contributed by atoms with Gasteiger partial charge in [-0.05, 0) is 51.1 Å². The average Bonchev–Trinajstić information content (AvgIpc) is 3.25. The number of imide groups is 1. The van der Waals surface area contributed by atoms with E-state index in [0.29, 0.717) is 17.1 Å². The molecule has 3 rings (SSSR count). The maximum Gasteiger partial charge on any atom is 0.414 e. The van der Waals surface area contributed by atoms with Crippen LogP contribution < -0.4 is 10.6 Å². The molecule has 0 fully saturated rings. The van der Waals surface area contributed by atoms with Gasteiger partial charge in [0, 0.05) is 11.8 Å². The second-order valence-electron chi connectivity index (χ2n) is 9.04. The first-order valence-electron chi connectivity index (χ1n) is 11.2. The molecule has 0 aliphatic carbocycles. The number of sulfone groups is 1. The van der Waals surface area contributed by atoms with E-state index in [1.165, 1.54) is 12.1 Å². The Labute approximate surface area is 214 Å². The summed E-state index contributed by atoms with van der Waals surface area (Å²) in [6.07, 6.45) is -0.673. The van der Waals surface area contributed by atoms with E-state index in [9.17, 15) is 22.8 Å². The number of hydrogen-bond acceptors (Lipinski definition) is 8. The van der Waals surface area contributed by atoms with Crippen molar-refractivity contribution in [1.82, 2.24) is 20.4 Å². The molecule has 196 valence electrons. The molecular weight excluding hydrogens is 500 g/mol. The fourth-order valence-electron chi connectivity index (χ4n) is 3.15. The number of carbonyl (C=O) groups excluding carboxylic acids is 3. The maximum absolute atomic E-state index is 12.1. The molecule has 2 N–H and O–H groups in total. The first kappa shape index (κ1) is 27.4. The highest BCUT2D eigenvalue weighted by molar-refractivity contribution is 7.90. The lowest BCUT2D eigenvalue weighted by molar-refractivity contribution is -0.119. The molecule has 0 bridgehead atoms. The molecule has 3 amide bonds. The van der Waals surface area contributed by atoms with Gasteiger partial charge in [-0.15, -0.1) is 0 Å². The Morgan fingerprint density at radius 1 is 0.973 bits per heavy atom. The zero-order valence-electron chi connectivity index (χ0n) is 20.8. The molecule has 37 heavy (non-hydrogen) atoms. The standard InChI is InChI=1S/C25H28N4O7S/c1-25(2,3)36-23(31)26-15-22(30)27-24(32)35-16-18-14-21(17-8-6-5-7-9-17)29(28-18)19-10-12-20(13-11-19)37(4,33)34/h5-14H,15-16H2,1-4H3,(H,26,31)(H,27,30,32). The van der Waals surface area contributed by atoms with Crippen LogP contribution in [-0.2, 0) is 30.7 Å². The van der Waals surface area contributed by atoms with Gasteiger partial charge in [0.05, 0.1) is 16.3 Å². The van der Waals surface area contributed by atoms with Gasteiger partial charge in [-0.1, -0.05) is 30.3 Å². The van der Waals surface area contributed by atoms with Crippen molar-refractivity contribution in [1.29, 1.82) is 0 Å². The monoisotopic (exact) mass is 528 g/mol. The first-order valence-corrected chi connectivity index (χ1v) is 13.1. The zero-order chi connectivity index (χ0) is 27.2. The van der Waals surface area contributed by atoms with Crippen LogP contribution in [0.5, 0.6) is 0 Å². The van der Waals surface area contributed by atoms with E-state index in [1.807, 2.05) is 35.6 Å². The second kappa shape index (κ2) is 11.2. The van der Waals surface area contributed by atoms with Gasteiger partial charge in [0.2, 0.25) is 5.91 Å². The van der Waals surface area contributed by atoms with Crippen molar-refractivity contribution in [2.24, 2.45) is 0 Å². The summed E-state index contributed by atoms with van der Waals surface area (Å²) in [6, 6.07) is 17.3. The number of aromatic nitrogens is 2. The lowest BCUT2D eigenvalue weighted by Crippen LogP contribution is -2.41. The van der Waals surface area contributed by atoms with Gasteiger partial charge in [0.25, 0.3) is 0 Å². The largest absolute Gasteiger partial charge is 0.444 e. The molecule has 12 heteroatoms. The molecule has 0 saturated carbocycles. The lowest BCUT2D eigenvalue weighted by atomic mass is 10.1. The van der Waals surface area contributed by atoms with Crippen LogP contribution in [0.25, 0.3) is 16.9 Å². The van der Waals surface area contributed by atoms with E-state index < -0.39 is 40.1 Å². The number of carbonyl (C=O) groups is 3. The zero-order valence-corrected chi connectivity index (χ0v) is 21.7. The molecule has 0 radical (unpaired) electrons. The Morgan fingerprint density at radius 3 is 2.22 bits per heavy atom. The number of benzene rings is 2.